The molecule has 1 N–H and O–H groups in total. The van der Waals surface area contributed by atoms with Crippen molar-refractivity contribution in [3.05, 3.63) is 41.7 Å². The van der Waals surface area contributed by atoms with Crippen LogP contribution >= 0.6 is 11.6 Å². The molecule has 1 aliphatic heterocycles. The minimum absolute atomic E-state index is 0.107. The number of hydrogen-bond donors (Lipinski definition) is 1. The molecule has 0 saturated heterocycles. The zero-order valence-corrected chi connectivity index (χ0v) is 17.7. The van der Waals surface area contributed by atoms with Gasteiger partial charge in [-0.3, -0.25) is 9.59 Å². The van der Waals surface area contributed by atoms with Gasteiger partial charge in [-0.05, 0) is 57.0 Å². The first-order valence-electron chi connectivity index (χ1n) is 10.3. The van der Waals surface area contributed by atoms with E-state index in [1.807, 2.05) is 49.1 Å². The van der Waals surface area contributed by atoms with Crippen molar-refractivity contribution >= 4 is 29.1 Å². The molecule has 2 amide bonds. The molecule has 0 atom stereocenters. The van der Waals surface area contributed by atoms with Crippen LogP contribution < -0.4 is 5.32 Å². The van der Waals surface area contributed by atoms with E-state index in [2.05, 4.69) is 5.32 Å². The second-order valence-corrected chi connectivity index (χ2v) is 9.01. The number of carbonyl (C=O) groups is 2. The highest BCUT2D eigenvalue weighted by molar-refractivity contribution is 6.20. The zero-order valence-electron chi connectivity index (χ0n) is 17.0. The van der Waals surface area contributed by atoms with E-state index in [0.717, 1.165) is 54.1 Å². The van der Waals surface area contributed by atoms with Gasteiger partial charge in [0.1, 0.15) is 11.5 Å². The van der Waals surface area contributed by atoms with Gasteiger partial charge in [-0.15, -0.1) is 11.6 Å². The lowest BCUT2D eigenvalue weighted by Gasteiger charge is -2.33. The van der Waals surface area contributed by atoms with E-state index in [0.29, 0.717) is 12.5 Å². The molecule has 0 spiro atoms. The lowest BCUT2D eigenvalue weighted by Crippen LogP contribution is -2.41. The molecule has 1 saturated carbocycles. The molecular weight excluding hydrogens is 388 g/mol. The normalized spacial score (nSPS) is 16.9. The Balaban J connectivity index is 1.44. The van der Waals surface area contributed by atoms with Crippen molar-refractivity contribution in [1.82, 2.24) is 4.90 Å². The second kappa shape index (κ2) is 7.86. The molecular formula is C23H27ClN2O3. The van der Waals surface area contributed by atoms with E-state index in [-0.39, 0.29) is 17.7 Å². The van der Waals surface area contributed by atoms with Crippen LogP contribution in [0.5, 0.6) is 0 Å². The summed E-state index contributed by atoms with van der Waals surface area (Å²) in [6.07, 6.45) is 3.99. The van der Waals surface area contributed by atoms with Crippen LogP contribution in [-0.4, -0.2) is 29.1 Å². The molecule has 1 aromatic heterocycles. The molecule has 2 aliphatic rings. The smallest absolute Gasteiger partial charge is 0.231 e. The number of amides is 2. The summed E-state index contributed by atoms with van der Waals surface area (Å²) in [7, 11) is 0. The first kappa shape index (κ1) is 20.0. The van der Waals surface area contributed by atoms with Crippen LogP contribution in [0.25, 0.3) is 11.3 Å². The Hall–Kier alpha value is -2.27. The maximum absolute atomic E-state index is 12.5. The summed E-state index contributed by atoms with van der Waals surface area (Å²) in [5.41, 5.74) is 2.15. The number of fused-ring (bicyclic) bond motifs is 1. The van der Waals surface area contributed by atoms with Gasteiger partial charge in [-0.2, -0.15) is 0 Å². The quantitative estimate of drug-likeness (QED) is 0.712. The number of nitrogens with one attached hydrogen (secondary N) is 1. The molecule has 6 heteroatoms. The molecule has 2 heterocycles. The number of benzene rings is 1. The van der Waals surface area contributed by atoms with Crippen LogP contribution in [0, 0.1) is 11.3 Å². The third kappa shape index (κ3) is 4.06. The van der Waals surface area contributed by atoms with Crippen molar-refractivity contribution < 1.29 is 14.0 Å². The highest BCUT2D eigenvalue weighted by Crippen LogP contribution is 2.33. The molecule has 154 valence electrons. The Bertz CT molecular complexity index is 913. The maximum Gasteiger partial charge on any atom is 0.231 e. The average molecular weight is 415 g/mol. The number of anilines is 1. The largest absolute Gasteiger partial charge is 0.461 e. The van der Waals surface area contributed by atoms with E-state index in [1.54, 1.807) is 0 Å². The third-order valence-electron chi connectivity index (χ3n) is 6.01. The molecule has 2 aromatic rings. The maximum atomic E-state index is 12.5. The van der Waals surface area contributed by atoms with Crippen molar-refractivity contribution in [2.75, 3.05) is 17.7 Å². The van der Waals surface area contributed by atoms with Crippen LogP contribution in [0.1, 0.15) is 44.4 Å². The number of hydrogen-bond acceptors (Lipinski definition) is 3. The molecule has 1 aromatic carbocycles. The van der Waals surface area contributed by atoms with E-state index in [4.69, 9.17) is 16.0 Å². The van der Waals surface area contributed by atoms with Crippen LogP contribution in [0.15, 0.2) is 34.7 Å². The lowest BCUT2D eigenvalue weighted by molar-refractivity contribution is -0.139. The summed E-state index contributed by atoms with van der Waals surface area (Å²) in [5.74, 6) is 2.45. The Morgan fingerprint density at radius 3 is 2.59 bits per heavy atom. The van der Waals surface area contributed by atoms with Crippen molar-refractivity contribution in [3.63, 3.8) is 0 Å². The van der Waals surface area contributed by atoms with Gasteiger partial charge in [0.15, 0.2) is 0 Å². The average Bonchev–Trinajstić information content (AvgIpc) is 3.10. The Labute approximate surface area is 176 Å². The second-order valence-electron chi connectivity index (χ2n) is 8.75. The Kier molecular flexibility index (Phi) is 5.43. The van der Waals surface area contributed by atoms with Crippen molar-refractivity contribution in [2.45, 2.75) is 46.1 Å². The predicted octanol–water partition coefficient (Wildman–Crippen LogP) is 4.83. The fraction of sp³-hybridized carbons (Fsp3) is 0.478. The van der Waals surface area contributed by atoms with Crippen LogP contribution in [0.2, 0.25) is 0 Å². The molecule has 5 nitrogen and oxygen atoms in total. The van der Waals surface area contributed by atoms with Gasteiger partial charge in [-0.1, -0.05) is 6.42 Å². The lowest BCUT2D eigenvalue weighted by atomic mass is 9.84. The van der Waals surface area contributed by atoms with Gasteiger partial charge in [0, 0.05) is 48.1 Å². The van der Waals surface area contributed by atoms with Gasteiger partial charge < -0.3 is 14.6 Å². The van der Waals surface area contributed by atoms with E-state index in [9.17, 15) is 9.59 Å². The first-order valence-corrected chi connectivity index (χ1v) is 10.8. The topological polar surface area (TPSA) is 62.6 Å². The summed E-state index contributed by atoms with van der Waals surface area (Å²) < 4.78 is 6.07. The summed E-state index contributed by atoms with van der Waals surface area (Å²) in [6, 6.07) is 9.65. The summed E-state index contributed by atoms with van der Waals surface area (Å²) >= 11 is 5.87. The van der Waals surface area contributed by atoms with Gasteiger partial charge in [-0.25, -0.2) is 0 Å². The standard InChI is InChI=1S/C23H27ClN2O3/c1-23(2,14-24)22(28)25-18-8-6-15(7-9-18)20-12-17-13-26(11-10-19(17)29-20)21(27)16-4-3-5-16/h6-9,12,16H,3-5,10-11,13-14H2,1-2H3,(H,25,28). The fourth-order valence-electron chi connectivity index (χ4n) is 3.66. The molecule has 0 radical (unpaired) electrons. The highest BCUT2D eigenvalue weighted by Gasteiger charge is 2.32. The van der Waals surface area contributed by atoms with Crippen LogP contribution in [0.4, 0.5) is 5.69 Å². The van der Waals surface area contributed by atoms with E-state index < -0.39 is 5.41 Å². The minimum Gasteiger partial charge on any atom is -0.461 e. The molecule has 0 unspecified atom stereocenters. The fourth-order valence-corrected chi connectivity index (χ4v) is 3.78. The van der Waals surface area contributed by atoms with Crippen molar-refractivity contribution in [1.29, 1.82) is 0 Å². The van der Waals surface area contributed by atoms with Crippen molar-refractivity contribution in [3.8, 4) is 11.3 Å². The van der Waals surface area contributed by atoms with Gasteiger partial charge in [0.2, 0.25) is 11.8 Å². The highest BCUT2D eigenvalue weighted by atomic mass is 35.5. The predicted molar refractivity (Wildman–Crippen MR) is 114 cm³/mol. The molecule has 0 bridgehead atoms. The number of furan rings is 1. The molecule has 4 rings (SSSR count). The monoisotopic (exact) mass is 414 g/mol. The minimum atomic E-state index is -0.622. The Morgan fingerprint density at radius 2 is 1.97 bits per heavy atom. The van der Waals surface area contributed by atoms with Crippen LogP contribution in [-0.2, 0) is 22.6 Å². The summed E-state index contributed by atoms with van der Waals surface area (Å²) in [4.78, 5) is 26.8. The number of rotatable bonds is 5. The number of alkyl halides is 1. The summed E-state index contributed by atoms with van der Waals surface area (Å²) in [5, 5.41) is 2.90. The number of carbonyl (C=O) groups excluding carboxylic acids is 2. The molecule has 1 fully saturated rings. The number of halogens is 1. The van der Waals surface area contributed by atoms with E-state index >= 15 is 0 Å². The Morgan fingerprint density at radius 1 is 1.24 bits per heavy atom. The first-order chi connectivity index (χ1) is 13.9. The van der Waals surface area contributed by atoms with Gasteiger partial charge in [0.25, 0.3) is 0 Å². The number of nitrogens with zero attached hydrogens (tertiary/aromatic N) is 1. The SMILES string of the molecule is CC(C)(CCl)C(=O)Nc1ccc(-c2cc3c(o2)CCN(C(=O)C2CCC2)C3)cc1. The van der Waals surface area contributed by atoms with Gasteiger partial charge >= 0.3 is 0 Å². The molecule has 1 aliphatic carbocycles. The van der Waals surface area contributed by atoms with Gasteiger partial charge in [0.05, 0.1) is 5.41 Å². The van der Waals surface area contributed by atoms with E-state index in [1.165, 1.54) is 6.42 Å². The van der Waals surface area contributed by atoms with Crippen LogP contribution in [0.3, 0.4) is 0 Å². The zero-order chi connectivity index (χ0) is 20.6. The van der Waals surface area contributed by atoms with Crippen molar-refractivity contribution in [2.24, 2.45) is 11.3 Å². The summed E-state index contributed by atoms with van der Waals surface area (Å²) in [6.45, 7) is 5.00. The molecule has 29 heavy (non-hydrogen) atoms. The third-order valence-corrected chi connectivity index (χ3v) is 6.68.